The number of hydrogen-bond acceptors (Lipinski definition) is 4. The van der Waals surface area contributed by atoms with Gasteiger partial charge in [0, 0.05) is 23.1 Å². The van der Waals surface area contributed by atoms with E-state index in [4.69, 9.17) is 0 Å². The van der Waals surface area contributed by atoms with E-state index in [0.29, 0.717) is 16.9 Å². The van der Waals surface area contributed by atoms with Gasteiger partial charge in [0.15, 0.2) is 5.65 Å². The van der Waals surface area contributed by atoms with Gasteiger partial charge >= 0.3 is 18.2 Å². The number of aromatic nitrogens is 3. The van der Waals surface area contributed by atoms with Gasteiger partial charge in [-0.2, -0.15) is 18.3 Å². The molecule has 0 fully saturated rings. The Morgan fingerprint density at radius 2 is 1.76 bits per heavy atom. The largest absolute Gasteiger partial charge is 0.477 e. The van der Waals surface area contributed by atoms with Gasteiger partial charge in [0.1, 0.15) is 5.56 Å². The van der Waals surface area contributed by atoms with Crippen molar-refractivity contribution in [3.8, 4) is 11.3 Å². The van der Waals surface area contributed by atoms with Gasteiger partial charge in [0.25, 0.3) is 0 Å². The molecule has 0 bridgehead atoms. The molecule has 0 radical (unpaired) electrons. The number of carboxylic acid groups (broad SMARTS) is 1. The van der Waals surface area contributed by atoms with Crippen molar-refractivity contribution in [1.82, 2.24) is 14.6 Å². The summed E-state index contributed by atoms with van der Waals surface area (Å²) >= 11 is 0. The van der Waals surface area contributed by atoms with E-state index >= 15 is 0 Å². The minimum absolute atomic E-state index is 0.00448. The molecule has 2 aromatic carbocycles. The molecular formula is C22H16F3N5O3. The van der Waals surface area contributed by atoms with E-state index < -0.39 is 23.7 Å². The molecule has 0 aliphatic heterocycles. The predicted octanol–water partition coefficient (Wildman–Crippen LogP) is 5.07. The lowest BCUT2D eigenvalue weighted by molar-refractivity contribution is -0.138. The third kappa shape index (κ3) is 4.47. The van der Waals surface area contributed by atoms with Crippen molar-refractivity contribution in [2.24, 2.45) is 0 Å². The van der Waals surface area contributed by atoms with Crippen LogP contribution in [-0.2, 0) is 6.18 Å². The van der Waals surface area contributed by atoms with E-state index in [2.05, 4.69) is 20.7 Å². The Bertz CT molecular complexity index is 1380. The summed E-state index contributed by atoms with van der Waals surface area (Å²) < 4.78 is 40.7. The highest BCUT2D eigenvalue weighted by Crippen LogP contribution is 2.33. The number of fused-ring (bicyclic) bond motifs is 1. The molecule has 33 heavy (non-hydrogen) atoms. The highest BCUT2D eigenvalue weighted by molar-refractivity contribution is 6.00. The van der Waals surface area contributed by atoms with Crippen molar-refractivity contribution < 1.29 is 27.9 Å². The second-order valence-corrected chi connectivity index (χ2v) is 7.12. The zero-order valence-electron chi connectivity index (χ0n) is 17.0. The highest BCUT2D eigenvalue weighted by Gasteiger charge is 2.32. The SMILES string of the molecule is Cc1ccc(NC(=O)Nc2cccc(-c3ccnc4c(C(=O)O)cnn34)c2)cc1C(F)(F)F. The molecule has 2 amide bonds. The van der Waals surface area contributed by atoms with E-state index in [1.54, 1.807) is 30.3 Å². The summed E-state index contributed by atoms with van der Waals surface area (Å²) in [6, 6.07) is 11.1. The predicted molar refractivity (Wildman–Crippen MR) is 114 cm³/mol. The van der Waals surface area contributed by atoms with Gasteiger partial charge in [0.2, 0.25) is 0 Å². The van der Waals surface area contributed by atoms with E-state index in [9.17, 15) is 27.9 Å². The Labute approximate surface area is 184 Å². The first-order chi connectivity index (χ1) is 15.6. The fourth-order valence-electron chi connectivity index (χ4n) is 3.32. The maximum absolute atomic E-state index is 13.1. The molecule has 2 heterocycles. The molecule has 168 valence electrons. The van der Waals surface area contributed by atoms with Gasteiger partial charge < -0.3 is 15.7 Å². The molecule has 4 aromatic rings. The third-order valence-corrected chi connectivity index (χ3v) is 4.85. The number of carbonyl (C=O) groups excluding carboxylic acids is 1. The number of rotatable bonds is 4. The minimum atomic E-state index is -4.53. The number of nitrogens with zero attached hydrogens (tertiary/aromatic N) is 3. The Morgan fingerprint density at radius 3 is 2.45 bits per heavy atom. The van der Waals surface area contributed by atoms with Gasteiger partial charge in [-0.15, -0.1) is 0 Å². The van der Waals surface area contributed by atoms with Crippen LogP contribution >= 0.6 is 0 Å². The molecule has 0 saturated carbocycles. The minimum Gasteiger partial charge on any atom is -0.477 e. The number of urea groups is 1. The maximum Gasteiger partial charge on any atom is 0.416 e. The van der Waals surface area contributed by atoms with Crippen LogP contribution in [0.3, 0.4) is 0 Å². The number of nitrogens with one attached hydrogen (secondary N) is 2. The summed E-state index contributed by atoms with van der Waals surface area (Å²) in [5.41, 5.74) is 0.829. The lowest BCUT2D eigenvalue weighted by Crippen LogP contribution is -2.20. The summed E-state index contributed by atoms with van der Waals surface area (Å²) in [4.78, 5) is 27.8. The van der Waals surface area contributed by atoms with Crippen molar-refractivity contribution >= 4 is 29.0 Å². The Morgan fingerprint density at radius 1 is 1.03 bits per heavy atom. The fraction of sp³-hybridized carbons (Fsp3) is 0.0909. The van der Waals surface area contributed by atoms with Gasteiger partial charge in [-0.05, 0) is 42.8 Å². The lowest BCUT2D eigenvalue weighted by atomic mass is 10.1. The van der Waals surface area contributed by atoms with Crippen LogP contribution in [0.5, 0.6) is 0 Å². The molecular weight excluding hydrogens is 439 g/mol. The number of amides is 2. The lowest BCUT2D eigenvalue weighted by Gasteiger charge is -2.13. The van der Waals surface area contributed by atoms with Crippen LogP contribution in [0.25, 0.3) is 16.9 Å². The summed E-state index contributed by atoms with van der Waals surface area (Å²) in [7, 11) is 0. The number of hydrogen-bond donors (Lipinski definition) is 3. The topological polar surface area (TPSA) is 109 Å². The number of aromatic carboxylic acids is 1. The zero-order chi connectivity index (χ0) is 23.8. The molecule has 0 saturated heterocycles. The molecule has 8 nitrogen and oxygen atoms in total. The molecule has 4 rings (SSSR count). The molecule has 11 heteroatoms. The van der Waals surface area contributed by atoms with Gasteiger partial charge in [-0.3, -0.25) is 0 Å². The van der Waals surface area contributed by atoms with Crippen molar-refractivity contribution in [3.63, 3.8) is 0 Å². The third-order valence-electron chi connectivity index (χ3n) is 4.85. The molecule has 0 aliphatic rings. The second-order valence-electron chi connectivity index (χ2n) is 7.12. The number of carbonyl (C=O) groups is 2. The van der Waals surface area contributed by atoms with Gasteiger partial charge in [0.05, 0.1) is 17.5 Å². The van der Waals surface area contributed by atoms with Crippen LogP contribution in [-0.4, -0.2) is 31.7 Å². The Hall–Kier alpha value is -4.41. The zero-order valence-corrected chi connectivity index (χ0v) is 17.0. The summed E-state index contributed by atoms with van der Waals surface area (Å²) in [5, 5.41) is 18.3. The van der Waals surface area contributed by atoms with E-state index in [1.807, 2.05) is 0 Å². The number of alkyl halides is 3. The molecule has 0 atom stereocenters. The number of anilines is 2. The summed E-state index contributed by atoms with van der Waals surface area (Å²) in [6.07, 6.45) is -1.89. The summed E-state index contributed by atoms with van der Waals surface area (Å²) in [6.45, 7) is 1.34. The summed E-state index contributed by atoms with van der Waals surface area (Å²) in [5.74, 6) is -1.16. The molecule has 3 N–H and O–H groups in total. The first-order valence-electron chi connectivity index (χ1n) is 9.56. The maximum atomic E-state index is 13.1. The van der Waals surface area contributed by atoms with Crippen LogP contribution in [0.1, 0.15) is 21.5 Å². The average molecular weight is 455 g/mol. The van der Waals surface area contributed by atoms with Gasteiger partial charge in [-0.25, -0.2) is 19.1 Å². The second kappa shape index (κ2) is 8.26. The Kier molecular flexibility index (Phi) is 5.46. The normalized spacial score (nSPS) is 11.4. The monoisotopic (exact) mass is 455 g/mol. The van der Waals surface area contributed by atoms with Crippen molar-refractivity contribution in [1.29, 1.82) is 0 Å². The Balaban J connectivity index is 1.57. The number of benzene rings is 2. The van der Waals surface area contributed by atoms with Crippen LogP contribution in [0, 0.1) is 6.92 Å². The molecule has 0 aliphatic carbocycles. The highest BCUT2D eigenvalue weighted by atomic mass is 19.4. The van der Waals surface area contributed by atoms with E-state index in [-0.39, 0.29) is 22.5 Å². The molecule has 0 spiro atoms. The van der Waals surface area contributed by atoms with Crippen LogP contribution in [0.2, 0.25) is 0 Å². The smallest absolute Gasteiger partial charge is 0.416 e. The van der Waals surface area contributed by atoms with Crippen molar-refractivity contribution in [3.05, 3.63) is 77.6 Å². The van der Waals surface area contributed by atoms with Crippen LogP contribution in [0.4, 0.5) is 29.3 Å². The van der Waals surface area contributed by atoms with E-state index in [0.717, 1.165) is 6.07 Å². The van der Waals surface area contributed by atoms with Crippen LogP contribution in [0.15, 0.2) is 60.9 Å². The molecule has 0 unspecified atom stereocenters. The molecule has 2 aromatic heterocycles. The first kappa shape index (κ1) is 21.8. The first-order valence-corrected chi connectivity index (χ1v) is 9.56. The quantitative estimate of drug-likeness (QED) is 0.398. The number of halogens is 3. The number of aryl methyl sites for hydroxylation is 1. The van der Waals surface area contributed by atoms with Crippen LogP contribution < -0.4 is 10.6 Å². The number of carboxylic acids is 1. The van der Waals surface area contributed by atoms with Crippen molar-refractivity contribution in [2.45, 2.75) is 13.1 Å². The average Bonchev–Trinajstić information content (AvgIpc) is 3.19. The standard InChI is InChI=1S/C22H16F3N5O3/c1-12-5-6-15(10-17(12)22(23,24)25)29-21(33)28-14-4-2-3-13(9-14)18-7-8-26-19-16(20(31)32)11-27-30(18)19/h2-11H,1H3,(H,31,32)(H2,28,29,33). The van der Waals surface area contributed by atoms with E-state index in [1.165, 1.54) is 36.0 Å². The fourth-order valence-corrected chi connectivity index (χ4v) is 3.32. The van der Waals surface area contributed by atoms with Gasteiger partial charge in [-0.1, -0.05) is 18.2 Å². The van der Waals surface area contributed by atoms with Crippen molar-refractivity contribution in [2.75, 3.05) is 10.6 Å².